The molecule has 0 fully saturated rings. The van der Waals surface area contributed by atoms with Gasteiger partial charge in [0.25, 0.3) is 0 Å². The Morgan fingerprint density at radius 2 is 1.79 bits per heavy atom. The maximum Gasteiger partial charge on any atom is 0.200 e. The van der Waals surface area contributed by atoms with Gasteiger partial charge in [-0.25, -0.2) is 0 Å². The summed E-state index contributed by atoms with van der Waals surface area (Å²) in [6.45, 7) is 6.65. The number of amides is 1. The van der Waals surface area contributed by atoms with Gasteiger partial charge in [-0.1, -0.05) is 17.7 Å². The Balaban J connectivity index is 2.91. The molecule has 0 aliphatic rings. The van der Waals surface area contributed by atoms with E-state index in [9.17, 15) is 4.79 Å². The van der Waals surface area contributed by atoms with Gasteiger partial charge in [0.15, 0.2) is 5.81 Å². The van der Waals surface area contributed by atoms with Crippen molar-refractivity contribution in [3.63, 3.8) is 0 Å². The van der Waals surface area contributed by atoms with E-state index in [-0.39, 0.29) is 0 Å². The van der Waals surface area contributed by atoms with Crippen LogP contribution in [0.15, 0.2) is 12.1 Å². The Bertz CT molecular complexity index is 337. The van der Waals surface area contributed by atoms with Crippen LogP contribution in [0.25, 0.3) is 0 Å². The van der Waals surface area contributed by atoms with Crippen molar-refractivity contribution in [3.8, 4) is 0 Å². The summed E-state index contributed by atoms with van der Waals surface area (Å²) in [4.78, 5) is 10.6. The number of aryl methyl sites for hydroxylation is 3. The van der Waals surface area contributed by atoms with E-state index in [0.717, 1.165) is 5.56 Å². The van der Waals surface area contributed by atoms with Gasteiger partial charge in [0.2, 0.25) is 7.85 Å². The lowest BCUT2D eigenvalue weighted by atomic mass is 9.99. The van der Waals surface area contributed by atoms with Gasteiger partial charge in [0.1, 0.15) is 0 Å². The second kappa shape index (κ2) is 4.31. The van der Waals surface area contributed by atoms with E-state index in [1.807, 2.05) is 13.8 Å². The van der Waals surface area contributed by atoms with Crippen LogP contribution in [-0.2, 0) is 6.54 Å². The molecule has 1 amide bonds. The first-order chi connectivity index (χ1) is 6.50. The minimum Gasteiger partial charge on any atom is -0.362 e. The number of carbonyl (C=O) groups is 1. The molecular formula is C11H14BNO. The molecule has 1 N–H and O–H groups in total. The van der Waals surface area contributed by atoms with E-state index < -0.39 is 5.81 Å². The number of hydrogen-bond donors (Lipinski definition) is 1. The first-order valence-electron chi connectivity index (χ1n) is 4.60. The summed E-state index contributed by atoms with van der Waals surface area (Å²) < 4.78 is 0. The molecule has 0 spiro atoms. The monoisotopic (exact) mass is 187 g/mol. The van der Waals surface area contributed by atoms with Crippen molar-refractivity contribution in [1.29, 1.82) is 0 Å². The van der Waals surface area contributed by atoms with Gasteiger partial charge in [-0.05, 0) is 37.5 Å². The molecule has 0 bridgehead atoms. The third-order valence-electron chi connectivity index (χ3n) is 2.28. The average molecular weight is 187 g/mol. The topological polar surface area (TPSA) is 29.1 Å². The van der Waals surface area contributed by atoms with Crippen LogP contribution >= 0.6 is 0 Å². The summed E-state index contributed by atoms with van der Waals surface area (Å²) >= 11 is 0. The van der Waals surface area contributed by atoms with Gasteiger partial charge >= 0.3 is 0 Å². The lowest BCUT2D eigenvalue weighted by molar-refractivity contribution is 0.259. The predicted molar refractivity (Wildman–Crippen MR) is 58.6 cm³/mol. The number of carbonyl (C=O) groups excluding carboxylic acids is 1. The lowest BCUT2D eigenvalue weighted by Gasteiger charge is -2.11. The fourth-order valence-corrected chi connectivity index (χ4v) is 1.66. The Morgan fingerprint density at radius 3 is 2.21 bits per heavy atom. The minimum atomic E-state index is -0.482. The van der Waals surface area contributed by atoms with Crippen LogP contribution in [0.1, 0.15) is 22.3 Å². The maximum absolute atomic E-state index is 10.6. The van der Waals surface area contributed by atoms with Crippen LogP contribution in [0.4, 0.5) is 4.79 Å². The molecule has 0 atom stereocenters. The summed E-state index contributed by atoms with van der Waals surface area (Å²) in [5.74, 6) is -0.482. The first-order valence-corrected chi connectivity index (χ1v) is 4.60. The van der Waals surface area contributed by atoms with Crippen molar-refractivity contribution in [1.82, 2.24) is 5.32 Å². The van der Waals surface area contributed by atoms with Crippen molar-refractivity contribution in [3.05, 3.63) is 34.4 Å². The van der Waals surface area contributed by atoms with E-state index >= 15 is 0 Å². The van der Waals surface area contributed by atoms with Crippen LogP contribution < -0.4 is 5.32 Å². The predicted octanol–water partition coefficient (Wildman–Crippen LogP) is 1.99. The summed E-state index contributed by atoms with van der Waals surface area (Å²) in [6.07, 6.45) is 0. The Hall–Kier alpha value is -1.25. The van der Waals surface area contributed by atoms with E-state index in [4.69, 9.17) is 7.85 Å². The van der Waals surface area contributed by atoms with E-state index in [1.54, 1.807) is 0 Å². The fourth-order valence-electron chi connectivity index (χ4n) is 1.66. The molecule has 0 aromatic heterocycles. The molecule has 0 saturated heterocycles. The molecule has 3 heteroatoms. The Kier molecular flexibility index (Phi) is 3.34. The average Bonchev–Trinajstić information content (AvgIpc) is 2.01. The standard InChI is InChI=1S/C11H14BNO/c1-7-4-8(2)10(9(3)5-7)6-13-11(12)14/h4-5H,6H2,1-3H3,(H,13,14). The smallest absolute Gasteiger partial charge is 0.200 e. The Labute approximate surface area is 86.1 Å². The van der Waals surface area contributed by atoms with Crippen LogP contribution in [0, 0.1) is 20.8 Å². The molecule has 1 aromatic carbocycles. The van der Waals surface area contributed by atoms with Crippen molar-refractivity contribution in [2.75, 3.05) is 0 Å². The lowest BCUT2D eigenvalue weighted by Crippen LogP contribution is -2.21. The largest absolute Gasteiger partial charge is 0.362 e. The molecular weight excluding hydrogens is 173 g/mol. The molecule has 2 radical (unpaired) electrons. The summed E-state index contributed by atoms with van der Waals surface area (Å²) in [6, 6.07) is 4.20. The van der Waals surface area contributed by atoms with E-state index in [1.165, 1.54) is 16.7 Å². The molecule has 2 nitrogen and oxygen atoms in total. The first kappa shape index (κ1) is 10.8. The summed E-state index contributed by atoms with van der Waals surface area (Å²) in [7, 11) is 5.02. The molecule has 14 heavy (non-hydrogen) atoms. The second-order valence-corrected chi connectivity index (χ2v) is 3.60. The zero-order valence-electron chi connectivity index (χ0n) is 8.85. The normalized spacial score (nSPS) is 9.93. The molecule has 0 aliphatic carbocycles. The molecule has 1 rings (SSSR count). The van der Waals surface area contributed by atoms with Gasteiger partial charge in [-0.2, -0.15) is 0 Å². The van der Waals surface area contributed by atoms with Gasteiger partial charge in [-0.15, -0.1) is 0 Å². The number of rotatable bonds is 2. The highest BCUT2D eigenvalue weighted by atomic mass is 16.1. The number of benzene rings is 1. The third kappa shape index (κ3) is 2.62. The highest BCUT2D eigenvalue weighted by molar-refractivity contribution is 6.57. The quantitative estimate of drug-likeness (QED) is 0.704. The number of nitrogens with one attached hydrogen (secondary N) is 1. The molecule has 0 heterocycles. The van der Waals surface area contributed by atoms with E-state index in [0.29, 0.717) is 6.54 Å². The van der Waals surface area contributed by atoms with Crippen LogP contribution in [0.2, 0.25) is 0 Å². The highest BCUT2D eigenvalue weighted by Gasteiger charge is 2.03. The van der Waals surface area contributed by atoms with Crippen LogP contribution in [0.3, 0.4) is 0 Å². The van der Waals surface area contributed by atoms with Gasteiger partial charge < -0.3 is 5.32 Å². The van der Waals surface area contributed by atoms with Crippen molar-refractivity contribution in [2.24, 2.45) is 0 Å². The van der Waals surface area contributed by atoms with Crippen molar-refractivity contribution < 1.29 is 4.79 Å². The fraction of sp³-hybridized carbons (Fsp3) is 0.364. The maximum atomic E-state index is 10.6. The second-order valence-electron chi connectivity index (χ2n) is 3.60. The molecule has 0 aliphatic heterocycles. The zero-order valence-corrected chi connectivity index (χ0v) is 8.85. The minimum absolute atomic E-state index is 0.482. The van der Waals surface area contributed by atoms with Crippen LogP contribution in [-0.4, -0.2) is 13.7 Å². The third-order valence-corrected chi connectivity index (χ3v) is 2.28. The summed E-state index contributed by atoms with van der Waals surface area (Å²) in [5, 5.41) is 2.60. The van der Waals surface area contributed by atoms with Gasteiger partial charge in [0, 0.05) is 6.54 Å². The number of hydrogen-bond acceptors (Lipinski definition) is 1. The summed E-state index contributed by atoms with van der Waals surface area (Å²) in [5.41, 5.74) is 4.77. The molecule has 0 unspecified atom stereocenters. The Morgan fingerprint density at radius 1 is 1.29 bits per heavy atom. The molecule has 72 valence electrons. The van der Waals surface area contributed by atoms with Gasteiger partial charge in [0.05, 0.1) is 0 Å². The highest BCUT2D eigenvalue weighted by Crippen LogP contribution is 2.15. The van der Waals surface area contributed by atoms with E-state index in [2.05, 4.69) is 24.4 Å². The van der Waals surface area contributed by atoms with Crippen molar-refractivity contribution in [2.45, 2.75) is 27.3 Å². The molecule has 0 saturated carbocycles. The van der Waals surface area contributed by atoms with Crippen LogP contribution in [0.5, 0.6) is 0 Å². The van der Waals surface area contributed by atoms with Gasteiger partial charge in [-0.3, -0.25) is 4.79 Å². The SMILES string of the molecule is [B]C(=O)NCc1c(C)cc(C)cc1C. The molecule has 1 aromatic rings. The van der Waals surface area contributed by atoms with Crippen molar-refractivity contribution >= 4 is 13.7 Å². The zero-order chi connectivity index (χ0) is 10.7.